The minimum Gasteiger partial charge on any atom is -0.411 e. The molecule has 0 fully saturated rings. The quantitative estimate of drug-likeness (QED) is 0.298. The van der Waals surface area contributed by atoms with Crippen LogP contribution in [0.25, 0.3) is 0 Å². The van der Waals surface area contributed by atoms with Gasteiger partial charge in [0.1, 0.15) is 5.82 Å². The second-order valence-electron chi connectivity index (χ2n) is 4.81. The fourth-order valence-electron chi connectivity index (χ4n) is 1.99. The van der Waals surface area contributed by atoms with Gasteiger partial charge in [0.2, 0.25) is 6.04 Å². The van der Waals surface area contributed by atoms with E-state index in [4.69, 9.17) is 10.9 Å². The summed E-state index contributed by atoms with van der Waals surface area (Å²) < 4.78 is 0. The highest BCUT2D eigenvalue weighted by Gasteiger charge is 2.20. The first kappa shape index (κ1) is 18.1. The number of carbonyl (C=O) groups is 1. The van der Waals surface area contributed by atoms with Crippen LogP contribution in [-0.4, -0.2) is 39.3 Å². The Kier molecular flexibility index (Phi) is 6.66. The van der Waals surface area contributed by atoms with Crippen LogP contribution in [0.2, 0.25) is 0 Å². The number of nitro groups is 1. The highest BCUT2D eigenvalue weighted by Crippen LogP contribution is 2.10. The van der Waals surface area contributed by atoms with E-state index in [0.717, 1.165) is 0 Å². The SMILES string of the molecule is CCC(C(C)=CC(CNC(=O)c1cccnc1N)=NO)[N+](=O)[O-]. The highest BCUT2D eigenvalue weighted by atomic mass is 16.6. The summed E-state index contributed by atoms with van der Waals surface area (Å²) in [5, 5.41) is 25.5. The lowest BCUT2D eigenvalue weighted by molar-refractivity contribution is -0.512. The number of hydrogen-bond acceptors (Lipinski definition) is 7. The van der Waals surface area contributed by atoms with Gasteiger partial charge in [-0.25, -0.2) is 4.98 Å². The molecule has 0 spiro atoms. The number of oxime groups is 1. The molecule has 1 heterocycles. The van der Waals surface area contributed by atoms with E-state index in [-0.39, 0.29) is 23.6 Å². The number of pyridine rings is 1. The zero-order valence-electron chi connectivity index (χ0n) is 12.9. The molecule has 0 saturated heterocycles. The Hall–Kier alpha value is -2.97. The molecule has 0 aliphatic heterocycles. The van der Waals surface area contributed by atoms with Gasteiger partial charge in [0.15, 0.2) is 0 Å². The summed E-state index contributed by atoms with van der Waals surface area (Å²) in [6.07, 6.45) is 3.15. The summed E-state index contributed by atoms with van der Waals surface area (Å²) in [6.45, 7) is 3.16. The Morgan fingerprint density at radius 2 is 2.35 bits per heavy atom. The molecule has 0 aromatic carbocycles. The van der Waals surface area contributed by atoms with Crippen molar-refractivity contribution in [2.75, 3.05) is 12.3 Å². The molecule has 23 heavy (non-hydrogen) atoms. The van der Waals surface area contributed by atoms with Crippen LogP contribution in [0.1, 0.15) is 30.6 Å². The molecule has 1 amide bonds. The van der Waals surface area contributed by atoms with Crippen LogP contribution in [-0.2, 0) is 0 Å². The van der Waals surface area contributed by atoms with Crippen molar-refractivity contribution < 1.29 is 14.9 Å². The molecule has 0 radical (unpaired) electrons. The Labute approximate surface area is 133 Å². The Balaban J connectivity index is 2.77. The van der Waals surface area contributed by atoms with Gasteiger partial charge in [-0.15, -0.1) is 0 Å². The van der Waals surface area contributed by atoms with Crippen LogP contribution < -0.4 is 11.1 Å². The Morgan fingerprint density at radius 3 is 2.87 bits per heavy atom. The third-order valence-electron chi connectivity index (χ3n) is 3.20. The molecule has 0 aliphatic carbocycles. The highest BCUT2D eigenvalue weighted by molar-refractivity contribution is 6.03. The van der Waals surface area contributed by atoms with Crippen LogP contribution >= 0.6 is 0 Å². The van der Waals surface area contributed by atoms with Gasteiger partial charge in [-0.3, -0.25) is 14.9 Å². The van der Waals surface area contributed by atoms with E-state index in [1.807, 2.05) is 0 Å². The van der Waals surface area contributed by atoms with E-state index in [1.165, 1.54) is 18.3 Å². The van der Waals surface area contributed by atoms with Crippen LogP contribution in [0.15, 0.2) is 35.1 Å². The van der Waals surface area contributed by atoms with Crippen LogP contribution in [0.5, 0.6) is 0 Å². The minimum absolute atomic E-state index is 0.0820. The number of rotatable bonds is 7. The van der Waals surface area contributed by atoms with Gasteiger partial charge in [0, 0.05) is 23.1 Å². The molecular formula is C14H19N5O4. The molecule has 124 valence electrons. The molecule has 1 aromatic heterocycles. The normalized spacial score (nSPS) is 13.5. The number of anilines is 1. The van der Waals surface area contributed by atoms with Crippen molar-refractivity contribution >= 4 is 17.4 Å². The maximum absolute atomic E-state index is 12.0. The van der Waals surface area contributed by atoms with E-state index >= 15 is 0 Å². The summed E-state index contributed by atoms with van der Waals surface area (Å²) >= 11 is 0. The van der Waals surface area contributed by atoms with Gasteiger partial charge >= 0.3 is 0 Å². The summed E-state index contributed by atoms with van der Waals surface area (Å²) in [4.78, 5) is 26.3. The zero-order valence-corrected chi connectivity index (χ0v) is 12.9. The number of hydrogen-bond donors (Lipinski definition) is 3. The lowest BCUT2D eigenvalue weighted by atomic mass is 10.1. The van der Waals surface area contributed by atoms with E-state index in [9.17, 15) is 14.9 Å². The van der Waals surface area contributed by atoms with Gasteiger partial charge in [-0.05, 0) is 25.1 Å². The van der Waals surface area contributed by atoms with Crippen LogP contribution in [0.4, 0.5) is 5.82 Å². The zero-order chi connectivity index (χ0) is 17.4. The summed E-state index contributed by atoms with van der Waals surface area (Å²) in [5.41, 5.74) is 6.32. The standard InChI is InChI=1S/C14H19N5O4/c1-3-12(19(22)23)9(2)7-10(18-21)8-17-14(20)11-5-4-6-16-13(11)15/h4-7,12,21H,3,8H2,1-2H3,(H2,15,16)(H,17,20). The van der Waals surface area contributed by atoms with Crippen molar-refractivity contribution in [1.82, 2.24) is 10.3 Å². The van der Waals surface area contributed by atoms with Gasteiger partial charge in [-0.1, -0.05) is 12.1 Å². The monoisotopic (exact) mass is 321 g/mol. The predicted molar refractivity (Wildman–Crippen MR) is 85.0 cm³/mol. The molecule has 9 heteroatoms. The average Bonchev–Trinajstić information content (AvgIpc) is 2.51. The molecule has 1 rings (SSSR count). The molecule has 9 nitrogen and oxygen atoms in total. The number of nitrogens with one attached hydrogen (secondary N) is 1. The smallest absolute Gasteiger partial charge is 0.255 e. The van der Waals surface area contributed by atoms with Crippen molar-refractivity contribution in [3.05, 3.63) is 45.7 Å². The van der Waals surface area contributed by atoms with Crippen molar-refractivity contribution in [3.8, 4) is 0 Å². The first-order chi connectivity index (χ1) is 10.9. The minimum atomic E-state index is -0.864. The molecule has 4 N–H and O–H groups in total. The fourth-order valence-corrected chi connectivity index (χ4v) is 1.99. The summed E-state index contributed by atoms with van der Waals surface area (Å²) in [7, 11) is 0. The van der Waals surface area contributed by atoms with Gasteiger partial charge in [0.25, 0.3) is 5.91 Å². The number of amides is 1. The first-order valence-corrected chi connectivity index (χ1v) is 6.92. The molecule has 1 atom stereocenters. The number of aromatic nitrogens is 1. The largest absolute Gasteiger partial charge is 0.411 e. The molecule has 1 aromatic rings. The first-order valence-electron chi connectivity index (χ1n) is 6.92. The molecule has 0 bridgehead atoms. The lowest BCUT2D eigenvalue weighted by Crippen LogP contribution is -2.30. The van der Waals surface area contributed by atoms with E-state index < -0.39 is 16.9 Å². The predicted octanol–water partition coefficient (Wildman–Crippen LogP) is 1.23. The molecule has 1 unspecified atom stereocenters. The van der Waals surface area contributed by atoms with Crippen molar-refractivity contribution in [2.45, 2.75) is 26.3 Å². The lowest BCUT2D eigenvalue weighted by Gasteiger charge is -2.09. The number of nitrogens with zero attached hydrogens (tertiary/aromatic N) is 3. The molecule has 0 saturated carbocycles. The van der Waals surface area contributed by atoms with Crippen LogP contribution in [0.3, 0.4) is 0 Å². The number of nitrogens with two attached hydrogens (primary N) is 1. The van der Waals surface area contributed by atoms with Gasteiger partial charge in [0.05, 0.1) is 17.8 Å². The second-order valence-corrected chi connectivity index (χ2v) is 4.81. The summed E-state index contributed by atoms with van der Waals surface area (Å²) in [6, 6.07) is 2.21. The summed E-state index contributed by atoms with van der Waals surface area (Å²) in [5.74, 6) is -0.400. The van der Waals surface area contributed by atoms with Crippen molar-refractivity contribution in [2.24, 2.45) is 5.16 Å². The van der Waals surface area contributed by atoms with Gasteiger partial charge < -0.3 is 16.3 Å². The maximum Gasteiger partial charge on any atom is 0.255 e. The van der Waals surface area contributed by atoms with E-state index in [2.05, 4.69) is 15.5 Å². The number of carbonyl (C=O) groups excluding carboxylic acids is 1. The van der Waals surface area contributed by atoms with Crippen molar-refractivity contribution in [1.29, 1.82) is 0 Å². The molecule has 0 aliphatic rings. The molecular weight excluding hydrogens is 302 g/mol. The van der Waals surface area contributed by atoms with Gasteiger partial charge in [-0.2, -0.15) is 0 Å². The Morgan fingerprint density at radius 1 is 1.65 bits per heavy atom. The Bertz CT molecular complexity index is 642. The average molecular weight is 321 g/mol. The third-order valence-corrected chi connectivity index (χ3v) is 3.20. The van der Waals surface area contributed by atoms with E-state index in [0.29, 0.717) is 12.0 Å². The maximum atomic E-state index is 12.0. The van der Waals surface area contributed by atoms with Crippen LogP contribution in [0, 0.1) is 10.1 Å². The van der Waals surface area contributed by atoms with Crippen molar-refractivity contribution in [3.63, 3.8) is 0 Å². The third kappa shape index (κ3) is 5.06. The number of nitrogen functional groups attached to an aromatic ring is 1. The second kappa shape index (κ2) is 8.47. The fraction of sp³-hybridized carbons (Fsp3) is 0.357. The van der Waals surface area contributed by atoms with E-state index in [1.54, 1.807) is 19.9 Å². The topological polar surface area (TPSA) is 144 Å².